The topological polar surface area (TPSA) is 73.6 Å². The van der Waals surface area contributed by atoms with Gasteiger partial charge in [-0.1, -0.05) is 6.07 Å². The van der Waals surface area contributed by atoms with Crippen LogP contribution in [0.15, 0.2) is 24.5 Å². The van der Waals surface area contributed by atoms with Crippen LogP contribution in [0.25, 0.3) is 0 Å². The molecule has 118 valence electrons. The number of benzene rings is 1. The fraction of sp³-hybridized carbons (Fsp3) is 0.143. The molecule has 0 aliphatic heterocycles. The zero-order chi connectivity index (χ0) is 16.8. The number of nitrogens with one attached hydrogen (secondary N) is 2. The highest BCUT2D eigenvalue weighted by molar-refractivity contribution is 7.80. The molecule has 0 saturated carbocycles. The van der Waals surface area contributed by atoms with Crippen LogP contribution in [-0.4, -0.2) is 21.6 Å². The van der Waals surface area contributed by atoms with Gasteiger partial charge in [-0.15, -0.1) is 0 Å². The zero-order valence-electron chi connectivity index (χ0n) is 11.6. The third kappa shape index (κ3) is 4.14. The Labute approximate surface area is 135 Å². The summed E-state index contributed by atoms with van der Waals surface area (Å²) in [4.78, 5) is 7.72. The SMILES string of the molecule is N#Cc1nccnc1NC(=S)NCCc1ccc(F)c(F)c1F. The van der Waals surface area contributed by atoms with Crippen LogP contribution < -0.4 is 10.6 Å². The molecular weight excluding hydrogens is 327 g/mol. The second-order valence-electron chi connectivity index (χ2n) is 4.33. The number of hydrogen-bond acceptors (Lipinski definition) is 4. The Bertz CT molecular complexity index is 775. The average molecular weight is 337 g/mol. The second-order valence-corrected chi connectivity index (χ2v) is 4.74. The van der Waals surface area contributed by atoms with Gasteiger partial charge >= 0.3 is 0 Å². The molecule has 0 aliphatic carbocycles. The van der Waals surface area contributed by atoms with Crippen molar-refractivity contribution < 1.29 is 13.2 Å². The molecule has 0 fully saturated rings. The highest BCUT2D eigenvalue weighted by Gasteiger charge is 2.13. The van der Waals surface area contributed by atoms with Gasteiger partial charge in [0.2, 0.25) is 0 Å². The molecule has 2 rings (SSSR count). The number of hydrogen-bond donors (Lipinski definition) is 2. The molecule has 0 atom stereocenters. The molecule has 1 aromatic carbocycles. The highest BCUT2D eigenvalue weighted by atomic mass is 32.1. The number of thiocarbonyl (C=S) groups is 1. The Morgan fingerprint density at radius 3 is 2.65 bits per heavy atom. The van der Waals surface area contributed by atoms with Gasteiger partial charge in [-0.3, -0.25) is 0 Å². The van der Waals surface area contributed by atoms with Gasteiger partial charge in [0.15, 0.2) is 34.1 Å². The highest BCUT2D eigenvalue weighted by Crippen LogP contribution is 2.15. The molecule has 0 unspecified atom stereocenters. The lowest BCUT2D eigenvalue weighted by atomic mass is 10.1. The molecule has 2 aromatic rings. The minimum Gasteiger partial charge on any atom is -0.362 e. The summed E-state index contributed by atoms with van der Waals surface area (Å²) in [6, 6.07) is 3.88. The van der Waals surface area contributed by atoms with Crippen molar-refractivity contribution in [3.05, 3.63) is 53.2 Å². The lowest BCUT2D eigenvalue weighted by Crippen LogP contribution is -2.31. The maximum atomic E-state index is 13.5. The maximum absolute atomic E-state index is 13.5. The molecule has 0 spiro atoms. The van der Waals surface area contributed by atoms with Crippen LogP contribution in [-0.2, 0) is 6.42 Å². The Morgan fingerprint density at radius 2 is 1.91 bits per heavy atom. The molecule has 0 radical (unpaired) electrons. The van der Waals surface area contributed by atoms with E-state index < -0.39 is 17.5 Å². The normalized spacial score (nSPS) is 10.0. The predicted molar refractivity (Wildman–Crippen MR) is 81.0 cm³/mol. The van der Waals surface area contributed by atoms with E-state index in [-0.39, 0.29) is 35.2 Å². The van der Waals surface area contributed by atoms with Crippen molar-refractivity contribution >= 4 is 23.1 Å². The van der Waals surface area contributed by atoms with Crippen LogP contribution in [0.1, 0.15) is 11.3 Å². The van der Waals surface area contributed by atoms with Crippen molar-refractivity contribution in [1.29, 1.82) is 5.26 Å². The average Bonchev–Trinajstić information content (AvgIpc) is 2.55. The molecule has 0 saturated heterocycles. The summed E-state index contributed by atoms with van der Waals surface area (Å²) in [6.07, 6.45) is 2.85. The van der Waals surface area contributed by atoms with E-state index >= 15 is 0 Å². The van der Waals surface area contributed by atoms with Crippen molar-refractivity contribution in [3.63, 3.8) is 0 Å². The standard InChI is InChI=1S/C14H10F3N5S/c15-9-2-1-8(11(16)12(9)17)3-4-21-14(23)22-13-10(7-18)19-5-6-20-13/h1-2,5-6H,3-4H2,(H2,20,21,22,23). The summed E-state index contributed by atoms with van der Waals surface area (Å²) < 4.78 is 39.4. The Hall–Kier alpha value is -2.73. The van der Waals surface area contributed by atoms with E-state index in [1.807, 2.05) is 6.07 Å². The number of nitriles is 1. The van der Waals surface area contributed by atoms with E-state index in [0.29, 0.717) is 0 Å². The lowest BCUT2D eigenvalue weighted by Gasteiger charge is -2.10. The maximum Gasteiger partial charge on any atom is 0.194 e. The number of aromatic nitrogens is 2. The summed E-state index contributed by atoms with van der Waals surface area (Å²) in [5, 5.41) is 14.4. The predicted octanol–water partition coefficient (Wildman–Crippen LogP) is 2.29. The molecule has 0 amide bonds. The van der Waals surface area contributed by atoms with Gasteiger partial charge in [0.25, 0.3) is 0 Å². The van der Waals surface area contributed by atoms with Crippen LogP contribution in [0.3, 0.4) is 0 Å². The van der Waals surface area contributed by atoms with E-state index in [0.717, 1.165) is 6.07 Å². The largest absolute Gasteiger partial charge is 0.362 e. The van der Waals surface area contributed by atoms with Gasteiger partial charge in [0.1, 0.15) is 6.07 Å². The minimum absolute atomic E-state index is 0.0245. The van der Waals surface area contributed by atoms with Crippen LogP contribution in [0.5, 0.6) is 0 Å². The summed E-state index contributed by atoms with van der Waals surface area (Å²) >= 11 is 5.01. The molecule has 9 heteroatoms. The lowest BCUT2D eigenvalue weighted by molar-refractivity contribution is 0.441. The van der Waals surface area contributed by atoms with Gasteiger partial charge in [0, 0.05) is 18.9 Å². The molecule has 1 aromatic heterocycles. The van der Waals surface area contributed by atoms with Gasteiger partial charge in [0.05, 0.1) is 0 Å². The molecule has 1 heterocycles. The Kier molecular flexibility index (Phi) is 5.43. The van der Waals surface area contributed by atoms with Crippen molar-refractivity contribution in [2.24, 2.45) is 0 Å². The van der Waals surface area contributed by atoms with Crippen molar-refractivity contribution in [2.45, 2.75) is 6.42 Å². The second kappa shape index (κ2) is 7.51. The molecule has 23 heavy (non-hydrogen) atoms. The van der Waals surface area contributed by atoms with Crippen molar-refractivity contribution in [2.75, 3.05) is 11.9 Å². The van der Waals surface area contributed by atoms with Crippen LogP contribution in [0.2, 0.25) is 0 Å². The van der Waals surface area contributed by atoms with E-state index in [1.54, 1.807) is 0 Å². The number of nitrogens with zero attached hydrogens (tertiary/aromatic N) is 3. The monoisotopic (exact) mass is 337 g/mol. The van der Waals surface area contributed by atoms with Crippen LogP contribution in [0, 0.1) is 28.8 Å². The number of halogens is 3. The van der Waals surface area contributed by atoms with Gasteiger partial charge in [-0.05, 0) is 30.3 Å². The first kappa shape index (κ1) is 16.6. The quantitative estimate of drug-likeness (QED) is 0.659. The zero-order valence-corrected chi connectivity index (χ0v) is 12.4. The van der Waals surface area contributed by atoms with Gasteiger partial charge < -0.3 is 10.6 Å². The summed E-state index contributed by atoms with van der Waals surface area (Å²) in [5.74, 6) is -3.76. The van der Waals surface area contributed by atoms with Crippen LogP contribution in [0.4, 0.5) is 19.0 Å². The summed E-state index contributed by atoms with van der Waals surface area (Å²) in [7, 11) is 0. The van der Waals surface area contributed by atoms with Gasteiger partial charge in [-0.2, -0.15) is 5.26 Å². The van der Waals surface area contributed by atoms with E-state index in [1.165, 1.54) is 18.5 Å². The molecule has 2 N–H and O–H groups in total. The third-order valence-electron chi connectivity index (χ3n) is 2.83. The molecular formula is C14H10F3N5S. The minimum atomic E-state index is -1.50. The fourth-order valence-electron chi connectivity index (χ4n) is 1.73. The van der Waals surface area contributed by atoms with Crippen molar-refractivity contribution in [1.82, 2.24) is 15.3 Å². The van der Waals surface area contributed by atoms with Crippen molar-refractivity contribution in [3.8, 4) is 6.07 Å². The first-order chi connectivity index (χ1) is 11.0. The molecule has 5 nitrogen and oxygen atoms in total. The summed E-state index contributed by atoms with van der Waals surface area (Å²) in [6.45, 7) is 0.177. The Morgan fingerprint density at radius 1 is 1.17 bits per heavy atom. The first-order valence-corrected chi connectivity index (χ1v) is 6.82. The number of anilines is 1. The van der Waals surface area contributed by atoms with E-state index in [4.69, 9.17) is 17.5 Å². The summed E-state index contributed by atoms with van der Waals surface area (Å²) in [5.41, 5.74) is 0.0970. The van der Waals surface area contributed by atoms with E-state index in [9.17, 15) is 13.2 Å². The Balaban J connectivity index is 1.91. The third-order valence-corrected chi connectivity index (χ3v) is 3.08. The van der Waals surface area contributed by atoms with E-state index in [2.05, 4.69) is 20.6 Å². The molecule has 0 bridgehead atoms. The smallest absolute Gasteiger partial charge is 0.194 e. The fourth-order valence-corrected chi connectivity index (χ4v) is 1.93. The van der Waals surface area contributed by atoms with Gasteiger partial charge in [-0.25, -0.2) is 23.1 Å². The number of rotatable bonds is 4. The molecule has 0 aliphatic rings. The van der Waals surface area contributed by atoms with Crippen LogP contribution >= 0.6 is 12.2 Å². The first-order valence-electron chi connectivity index (χ1n) is 6.41.